The highest BCUT2D eigenvalue weighted by molar-refractivity contribution is 7.89. The lowest BCUT2D eigenvalue weighted by molar-refractivity contribution is 0.448. The van der Waals surface area contributed by atoms with E-state index in [2.05, 4.69) is 15.4 Å². The van der Waals surface area contributed by atoms with E-state index in [0.717, 1.165) is 9.98 Å². The van der Waals surface area contributed by atoms with Gasteiger partial charge < -0.3 is 0 Å². The minimum absolute atomic E-state index is 0.0619. The van der Waals surface area contributed by atoms with Gasteiger partial charge in [0.1, 0.15) is 5.82 Å². The standard InChI is InChI=1S/C18H15ClFN5O2S/c1-24-11-17(21-23-24)28(26,27)25-10-16(12-5-7-15(20)8-6-12)18(22-25)13-3-2-4-14(19)9-13/h2-9,11,16H,10H2,1H3. The molecule has 0 fully saturated rings. The van der Waals surface area contributed by atoms with Crippen molar-refractivity contribution in [2.45, 2.75) is 10.9 Å². The topological polar surface area (TPSA) is 80.5 Å². The molecule has 1 aliphatic rings. The molecule has 1 unspecified atom stereocenters. The zero-order chi connectivity index (χ0) is 19.9. The minimum Gasteiger partial charge on any atom is -0.254 e. The van der Waals surface area contributed by atoms with Crippen LogP contribution >= 0.6 is 11.6 Å². The minimum atomic E-state index is -3.97. The number of rotatable bonds is 4. The number of sulfonamides is 1. The normalized spacial score (nSPS) is 17.0. The first-order valence-corrected chi connectivity index (χ1v) is 10.2. The molecule has 28 heavy (non-hydrogen) atoms. The van der Waals surface area contributed by atoms with E-state index in [1.165, 1.54) is 23.0 Å². The Labute approximate surface area is 166 Å². The van der Waals surface area contributed by atoms with Crippen molar-refractivity contribution < 1.29 is 12.8 Å². The van der Waals surface area contributed by atoms with Gasteiger partial charge in [0, 0.05) is 18.0 Å². The summed E-state index contributed by atoms with van der Waals surface area (Å²) in [4.78, 5) is 0. The number of aryl methyl sites for hydroxylation is 1. The van der Waals surface area contributed by atoms with E-state index in [1.807, 2.05) is 0 Å². The van der Waals surface area contributed by atoms with Crippen LogP contribution in [-0.2, 0) is 17.1 Å². The van der Waals surface area contributed by atoms with E-state index in [-0.39, 0.29) is 23.3 Å². The summed E-state index contributed by atoms with van der Waals surface area (Å²) in [6.45, 7) is 0.0619. The third-order valence-electron chi connectivity index (χ3n) is 4.40. The molecule has 0 saturated heterocycles. The average Bonchev–Trinajstić information content (AvgIpc) is 3.30. The summed E-state index contributed by atoms with van der Waals surface area (Å²) in [6.07, 6.45) is 1.31. The summed E-state index contributed by atoms with van der Waals surface area (Å²) in [5, 5.41) is 12.1. The Morgan fingerprint density at radius 1 is 1.18 bits per heavy atom. The number of hydrogen-bond donors (Lipinski definition) is 0. The first kappa shape index (κ1) is 18.6. The summed E-state index contributed by atoms with van der Waals surface area (Å²) >= 11 is 6.11. The molecule has 1 aromatic heterocycles. The van der Waals surface area contributed by atoms with Crippen molar-refractivity contribution in [3.63, 3.8) is 0 Å². The zero-order valence-corrected chi connectivity index (χ0v) is 16.3. The number of benzene rings is 2. The Bertz CT molecular complexity index is 1160. The largest absolute Gasteiger partial charge is 0.300 e. The van der Waals surface area contributed by atoms with Crippen molar-refractivity contribution >= 4 is 27.3 Å². The molecule has 0 aliphatic carbocycles. The molecule has 0 radical (unpaired) electrons. The van der Waals surface area contributed by atoms with E-state index in [4.69, 9.17) is 11.6 Å². The van der Waals surface area contributed by atoms with Crippen molar-refractivity contribution in [2.75, 3.05) is 6.54 Å². The predicted molar refractivity (Wildman–Crippen MR) is 102 cm³/mol. The molecule has 1 atom stereocenters. The lowest BCUT2D eigenvalue weighted by atomic mass is 9.91. The van der Waals surface area contributed by atoms with Crippen LogP contribution in [0.4, 0.5) is 4.39 Å². The first-order valence-electron chi connectivity index (χ1n) is 8.33. The summed E-state index contributed by atoms with van der Waals surface area (Å²) < 4.78 is 41.6. The van der Waals surface area contributed by atoms with Crippen LogP contribution in [0.3, 0.4) is 0 Å². The number of aromatic nitrogens is 3. The second kappa shape index (κ2) is 6.99. The quantitative estimate of drug-likeness (QED) is 0.651. The molecule has 0 saturated carbocycles. The summed E-state index contributed by atoms with van der Waals surface area (Å²) in [5.41, 5.74) is 1.97. The smallest absolute Gasteiger partial charge is 0.254 e. The number of hydrazone groups is 1. The molecule has 0 spiro atoms. The second-order valence-corrected chi connectivity index (χ2v) is 8.57. The monoisotopic (exact) mass is 419 g/mol. The van der Waals surface area contributed by atoms with Crippen LogP contribution in [-0.4, -0.2) is 40.1 Å². The van der Waals surface area contributed by atoms with Crippen LogP contribution in [0.25, 0.3) is 0 Å². The highest BCUT2D eigenvalue weighted by Crippen LogP contribution is 2.32. The van der Waals surface area contributed by atoms with E-state index < -0.39 is 10.0 Å². The van der Waals surface area contributed by atoms with Gasteiger partial charge >= 0.3 is 0 Å². The van der Waals surface area contributed by atoms with Crippen molar-refractivity contribution in [1.82, 2.24) is 19.4 Å². The molecule has 7 nitrogen and oxygen atoms in total. The van der Waals surface area contributed by atoms with Crippen LogP contribution < -0.4 is 0 Å². The fraction of sp³-hybridized carbons (Fsp3) is 0.167. The van der Waals surface area contributed by atoms with Crippen molar-refractivity contribution in [3.8, 4) is 0 Å². The second-order valence-electron chi connectivity index (χ2n) is 6.34. The van der Waals surface area contributed by atoms with Gasteiger partial charge in [-0.1, -0.05) is 41.1 Å². The lowest BCUT2D eigenvalue weighted by Gasteiger charge is -2.15. The molecule has 2 heterocycles. The Balaban J connectivity index is 1.79. The Morgan fingerprint density at radius 3 is 2.57 bits per heavy atom. The Kier molecular flexibility index (Phi) is 4.64. The predicted octanol–water partition coefficient (Wildman–Crippen LogP) is 2.80. The van der Waals surface area contributed by atoms with Gasteiger partial charge in [0.15, 0.2) is 0 Å². The van der Waals surface area contributed by atoms with E-state index in [9.17, 15) is 12.8 Å². The summed E-state index contributed by atoms with van der Waals surface area (Å²) in [7, 11) is -2.39. The van der Waals surface area contributed by atoms with Gasteiger partial charge in [-0.15, -0.1) is 5.10 Å². The molecule has 4 rings (SSSR count). The average molecular weight is 420 g/mol. The van der Waals surface area contributed by atoms with Gasteiger partial charge in [-0.2, -0.15) is 17.9 Å². The van der Waals surface area contributed by atoms with E-state index in [1.54, 1.807) is 43.4 Å². The summed E-state index contributed by atoms with van der Waals surface area (Å²) in [6, 6.07) is 12.9. The third-order valence-corrected chi connectivity index (χ3v) is 6.14. The molecular weight excluding hydrogens is 405 g/mol. The SMILES string of the molecule is Cn1cc(S(=O)(=O)N2CC(c3ccc(F)cc3)C(c3cccc(Cl)c3)=N2)nn1. The molecule has 2 aromatic carbocycles. The van der Waals surface area contributed by atoms with Gasteiger partial charge in [-0.3, -0.25) is 4.68 Å². The van der Waals surface area contributed by atoms with Gasteiger partial charge in [-0.25, -0.2) is 4.39 Å². The van der Waals surface area contributed by atoms with Crippen LogP contribution in [0.15, 0.2) is 64.9 Å². The number of halogens is 2. The maximum absolute atomic E-state index is 13.4. The van der Waals surface area contributed by atoms with Crippen molar-refractivity contribution in [3.05, 3.63) is 76.7 Å². The number of hydrogen-bond acceptors (Lipinski definition) is 5. The molecular formula is C18H15ClFN5O2S. The van der Waals surface area contributed by atoms with E-state index in [0.29, 0.717) is 16.3 Å². The first-order chi connectivity index (χ1) is 13.3. The van der Waals surface area contributed by atoms with Crippen LogP contribution in [0, 0.1) is 5.82 Å². The Hall–Kier alpha value is -2.78. The fourth-order valence-electron chi connectivity index (χ4n) is 3.04. The Morgan fingerprint density at radius 2 is 1.93 bits per heavy atom. The molecule has 1 aliphatic heterocycles. The fourth-order valence-corrected chi connectivity index (χ4v) is 4.41. The maximum atomic E-state index is 13.4. The van der Waals surface area contributed by atoms with Gasteiger partial charge in [-0.05, 0) is 35.4 Å². The number of nitrogens with zero attached hydrogens (tertiary/aromatic N) is 5. The zero-order valence-electron chi connectivity index (χ0n) is 14.7. The van der Waals surface area contributed by atoms with Crippen molar-refractivity contribution in [1.29, 1.82) is 0 Å². The molecule has 10 heteroatoms. The van der Waals surface area contributed by atoms with Gasteiger partial charge in [0.25, 0.3) is 10.0 Å². The highest BCUT2D eigenvalue weighted by Gasteiger charge is 2.37. The van der Waals surface area contributed by atoms with Crippen LogP contribution in [0.2, 0.25) is 5.02 Å². The molecule has 0 N–H and O–H groups in total. The maximum Gasteiger partial charge on any atom is 0.300 e. The highest BCUT2D eigenvalue weighted by atomic mass is 35.5. The molecule has 3 aromatic rings. The molecule has 144 valence electrons. The van der Waals surface area contributed by atoms with E-state index >= 15 is 0 Å². The molecule has 0 amide bonds. The van der Waals surface area contributed by atoms with Gasteiger partial charge in [0.05, 0.1) is 18.5 Å². The lowest BCUT2D eigenvalue weighted by Crippen LogP contribution is -2.26. The van der Waals surface area contributed by atoms with Crippen LogP contribution in [0.5, 0.6) is 0 Å². The third kappa shape index (κ3) is 3.38. The van der Waals surface area contributed by atoms with Crippen molar-refractivity contribution in [2.24, 2.45) is 12.1 Å². The molecule has 0 bridgehead atoms. The van der Waals surface area contributed by atoms with Gasteiger partial charge in [0.2, 0.25) is 5.03 Å². The summed E-state index contributed by atoms with van der Waals surface area (Å²) in [5.74, 6) is -0.752. The van der Waals surface area contributed by atoms with Crippen LogP contribution in [0.1, 0.15) is 17.0 Å².